The van der Waals surface area contributed by atoms with Crippen LogP contribution in [0.3, 0.4) is 0 Å². The fourth-order valence-corrected chi connectivity index (χ4v) is 1.85. The second-order valence-electron chi connectivity index (χ2n) is 4.23. The van der Waals surface area contributed by atoms with Crippen molar-refractivity contribution in [2.45, 2.75) is 12.8 Å². The minimum Gasteiger partial charge on any atom is -0.384 e. The predicted molar refractivity (Wildman–Crippen MR) is 63.0 cm³/mol. The van der Waals surface area contributed by atoms with Gasteiger partial charge in [0.25, 0.3) is 0 Å². The van der Waals surface area contributed by atoms with Crippen molar-refractivity contribution in [3.05, 3.63) is 36.7 Å². The fraction of sp³-hybridized carbons (Fsp3) is 0.308. The summed E-state index contributed by atoms with van der Waals surface area (Å²) in [6.07, 6.45) is 6.54. The van der Waals surface area contributed by atoms with Crippen LogP contribution in [-0.4, -0.2) is 11.5 Å². The maximum atomic E-state index is 4.13. The number of pyridine rings is 1. The molecule has 0 unspecified atom stereocenters. The van der Waals surface area contributed by atoms with Crippen LogP contribution in [0.2, 0.25) is 0 Å². The monoisotopic (exact) mass is 198 g/mol. The average molecular weight is 198 g/mol. The Morgan fingerprint density at radius 3 is 3.07 bits per heavy atom. The van der Waals surface area contributed by atoms with Crippen molar-refractivity contribution in [2.24, 2.45) is 5.92 Å². The van der Waals surface area contributed by atoms with Crippen molar-refractivity contribution in [2.75, 3.05) is 11.9 Å². The van der Waals surface area contributed by atoms with Gasteiger partial charge in [-0.1, -0.05) is 12.1 Å². The van der Waals surface area contributed by atoms with Crippen molar-refractivity contribution >= 4 is 16.5 Å². The van der Waals surface area contributed by atoms with E-state index in [4.69, 9.17) is 0 Å². The first-order valence-electron chi connectivity index (χ1n) is 5.50. The second-order valence-corrected chi connectivity index (χ2v) is 4.23. The van der Waals surface area contributed by atoms with Crippen LogP contribution >= 0.6 is 0 Å². The smallest absolute Gasteiger partial charge is 0.0421 e. The predicted octanol–water partition coefficient (Wildman–Crippen LogP) is 3.06. The molecule has 1 aromatic heterocycles. The highest BCUT2D eigenvalue weighted by Gasteiger charge is 2.20. The van der Waals surface area contributed by atoms with Gasteiger partial charge < -0.3 is 5.32 Å². The van der Waals surface area contributed by atoms with Crippen LogP contribution in [0.4, 0.5) is 5.69 Å². The SMILES string of the molecule is c1cc(NCC2CC2)c2ccncc2c1. The van der Waals surface area contributed by atoms with Crippen molar-refractivity contribution in [1.29, 1.82) is 0 Å². The Bertz CT molecular complexity index is 469. The summed E-state index contributed by atoms with van der Waals surface area (Å²) in [4.78, 5) is 4.13. The molecular weight excluding hydrogens is 184 g/mol. The number of hydrogen-bond acceptors (Lipinski definition) is 2. The summed E-state index contributed by atoms with van der Waals surface area (Å²) in [5.74, 6) is 0.905. The van der Waals surface area contributed by atoms with Crippen LogP contribution in [0, 0.1) is 5.92 Å². The summed E-state index contributed by atoms with van der Waals surface area (Å²) in [5.41, 5.74) is 1.24. The molecule has 1 N–H and O–H groups in total. The average Bonchev–Trinajstić information content (AvgIpc) is 3.10. The number of hydrogen-bond donors (Lipinski definition) is 1. The highest BCUT2D eigenvalue weighted by atomic mass is 14.9. The van der Waals surface area contributed by atoms with Crippen molar-refractivity contribution < 1.29 is 0 Å². The Kier molecular flexibility index (Phi) is 2.05. The number of aromatic nitrogens is 1. The van der Waals surface area contributed by atoms with Gasteiger partial charge in [0.15, 0.2) is 0 Å². The lowest BCUT2D eigenvalue weighted by atomic mass is 10.1. The van der Waals surface area contributed by atoms with Gasteiger partial charge in [-0.2, -0.15) is 0 Å². The van der Waals surface area contributed by atoms with Crippen molar-refractivity contribution in [3.63, 3.8) is 0 Å². The number of benzene rings is 1. The molecule has 0 aliphatic heterocycles. The molecule has 1 saturated carbocycles. The molecule has 1 fully saturated rings. The van der Waals surface area contributed by atoms with E-state index in [0.717, 1.165) is 12.5 Å². The fourth-order valence-electron chi connectivity index (χ4n) is 1.85. The molecule has 2 heteroatoms. The van der Waals surface area contributed by atoms with Gasteiger partial charge in [-0.25, -0.2) is 0 Å². The zero-order chi connectivity index (χ0) is 10.1. The third-order valence-corrected chi connectivity index (χ3v) is 2.96. The zero-order valence-electron chi connectivity index (χ0n) is 8.61. The second kappa shape index (κ2) is 3.54. The first-order valence-corrected chi connectivity index (χ1v) is 5.50. The minimum absolute atomic E-state index is 0.905. The molecule has 1 aliphatic carbocycles. The first kappa shape index (κ1) is 8.72. The molecule has 2 nitrogen and oxygen atoms in total. The molecule has 15 heavy (non-hydrogen) atoms. The van der Waals surface area contributed by atoms with E-state index in [9.17, 15) is 0 Å². The standard InChI is InChI=1S/C13H14N2/c1-2-11-9-14-7-6-12(11)13(3-1)15-8-10-4-5-10/h1-3,6-7,9-10,15H,4-5,8H2. The summed E-state index contributed by atoms with van der Waals surface area (Å²) < 4.78 is 0. The highest BCUT2D eigenvalue weighted by molar-refractivity contribution is 5.93. The van der Waals surface area contributed by atoms with Crippen molar-refractivity contribution in [1.82, 2.24) is 4.98 Å². The van der Waals surface area contributed by atoms with E-state index in [2.05, 4.69) is 34.6 Å². The van der Waals surface area contributed by atoms with Crippen LogP contribution in [0.15, 0.2) is 36.7 Å². The van der Waals surface area contributed by atoms with E-state index >= 15 is 0 Å². The quantitative estimate of drug-likeness (QED) is 0.819. The molecule has 0 radical (unpaired) electrons. The zero-order valence-corrected chi connectivity index (χ0v) is 8.61. The topological polar surface area (TPSA) is 24.9 Å². The molecule has 0 amide bonds. The van der Waals surface area contributed by atoms with Gasteiger partial charge in [-0.05, 0) is 30.9 Å². The minimum atomic E-state index is 0.905. The lowest BCUT2D eigenvalue weighted by molar-refractivity contribution is 0.890. The lowest BCUT2D eigenvalue weighted by Gasteiger charge is -2.08. The molecule has 0 saturated heterocycles. The van der Waals surface area contributed by atoms with Crippen LogP contribution in [-0.2, 0) is 0 Å². The van der Waals surface area contributed by atoms with E-state index < -0.39 is 0 Å². The molecule has 1 aromatic carbocycles. The van der Waals surface area contributed by atoms with E-state index in [0.29, 0.717) is 0 Å². The lowest BCUT2D eigenvalue weighted by Crippen LogP contribution is -2.03. The molecule has 0 bridgehead atoms. The number of nitrogens with one attached hydrogen (secondary N) is 1. The summed E-state index contributed by atoms with van der Waals surface area (Å²) in [6.45, 7) is 1.11. The molecule has 0 spiro atoms. The Morgan fingerprint density at radius 1 is 1.27 bits per heavy atom. The Labute approximate surface area is 89.3 Å². The van der Waals surface area contributed by atoms with E-state index in [1.54, 1.807) is 0 Å². The van der Waals surface area contributed by atoms with Gasteiger partial charge >= 0.3 is 0 Å². The number of nitrogens with zero attached hydrogens (tertiary/aromatic N) is 1. The molecule has 3 rings (SSSR count). The normalized spacial score (nSPS) is 15.5. The highest BCUT2D eigenvalue weighted by Crippen LogP contribution is 2.30. The van der Waals surface area contributed by atoms with Crippen LogP contribution in [0.1, 0.15) is 12.8 Å². The first-order chi connectivity index (χ1) is 7.43. The molecule has 1 aliphatic rings. The summed E-state index contributed by atoms with van der Waals surface area (Å²) >= 11 is 0. The van der Waals surface area contributed by atoms with Gasteiger partial charge in [0.2, 0.25) is 0 Å². The Morgan fingerprint density at radius 2 is 2.20 bits per heavy atom. The molecule has 1 heterocycles. The third-order valence-electron chi connectivity index (χ3n) is 2.96. The van der Waals surface area contributed by atoms with E-state index in [1.807, 2.05) is 12.4 Å². The Hall–Kier alpha value is -1.57. The van der Waals surface area contributed by atoms with Crippen molar-refractivity contribution in [3.8, 4) is 0 Å². The molecule has 76 valence electrons. The Balaban J connectivity index is 1.93. The number of fused-ring (bicyclic) bond motifs is 1. The third kappa shape index (κ3) is 1.80. The van der Waals surface area contributed by atoms with Crippen LogP contribution in [0.5, 0.6) is 0 Å². The largest absolute Gasteiger partial charge is 0.384 e. The number of anilines is 1. The van der Waals surface area contributed by atoms with Gasteiger partial charge in [0.05, 0.1) is 0 Å². The maximum absolute atomic E-state index is 4.13. The molecule has 0 atom stereocenters. The summed E-state index contributed by atoms with van der Waals surface area (Å²) in [6, 6.07) is 8.40. The molecular formula is C13H14N2. The van der Waals surface area contributed by atoms with E-state index in [-0.39, 0.29) is 0 Å². The van der Waals surface area contributed by atoms with Crippen LogP contribution in [0.25, 0.3) is 10.8 Å². The summed E-state index contributed by atoms with van der Waals surface area (Å²) in [5, 5.41) is 6.00. The molecule has 2 aromatic rings. The van der Waals surface area contributed by atoms with Gasteiger partial charge in [0.1, 0.15) is 0 Å². The van der Waals surface area contributed by atoms with Gasteiger partial charge in [-0.15, -0.1) is 0 Å². The van der Waals surface area contributed by atoms with Gasteiger partial charge in [-0.3, -0.25) is 4.98 Å². The maximum Gasteiger partial charge on any atom is 0.0421 e. The van der Waals surface area contributed by atoms with Gasteiger partial charge in [0, 0.05) is 35.4 Å². The van der Waals surface area contributed by atoms with Crippen LogP contribution < -0.4 is 5.32 Å². The van der Waals surface area contributed by atoms with E-state index in [1.165, 1.54) is 29.3 Å². The number of rotatable bonds is 3. The summed E-state index contributed by atoms with van der Waals surface area (Å²) in [7, 11) is 0.